The molecule has 27 heavy (non-hydrogen) atoms. The molecule has 146 valence electrons. The maximum atomic E-state index is 9.92. The molecule has 2 aromatic rings. The third kappa shape index (κ3) is 5.78. The normalized spacial score (nSPS) is 19.6. The van der Waals surface area contributed by atoms with Gasteiger partial charge in [0, 0.05) is 34.8 Å². The second-order valence-corrected chi connectivity index (χ2v) is 9.87. The second-order valence-electron chi connectivity index (χ2n) is 8.71. The van der Waals surface area contributed by atoms with Crippen LogP contribution in [0, 0.1) is 0 Å². The Hall–Kier alpha value is -1.92. The fourth-order valence-electron chi connectivity index (χ4n) is 3.50. The number of aromatic nitrogens is 2. The van der Waals surface area contributed by atoms with E-state index < -0.39 is 5.60 Å². The minimum atomic E-state index is -0.636. The molecule has 1 fully saturated rings. The van der Waals surface area contributed by atoms with Crippen molar-refractivity contribution in [1.82, 2.24) is 15.3 Å². The first kappa shape index (κ1) is 19.8. The fourth-order valence-corrected chi connectivity index (χ4v) is 4.47. The van der Waals surface area contributed by atoms with E-state index >= 15 is 0 Å². The van der Waals surface area contributed by atoms with Crippen LogP contribution < -0.4 is 10.6 Å². The molecule has 3 heterocycles. The number of aliphatic hydroxyl groups is 1. The summed E-state index contributed by atoms with van der Waals surface area (Å²) in [6.07, 6.45) is 5.29. The monoisotopic (exact) mass is 386 g/mol. The Balaban J connectivity index is 1.69. The van der Waals surface area contributed by atoms with Gasteiger partial charge in [-0.15, -0.1) is 11.3 Å². The maximum absolute atomic E-state index is 9.92. The van der Waals surface area contributed by atoms with Gasteiger partial charge in [0.25, 0.3) is 0 Å². The van der Waals surface area contributed by atoms with Crippen LogP contribution >= 0.6 is 11.3 Å². The average Bonchev–Trinajstić information content (AvgIpc) is 2.99. The summed E-state index contributed by atoms with van der Waals surface area (Å²) >= 11 is 1.73. The van der Waals surface area contributed by atoms with Gasteiger partial charge >= 0.3 is 0 Å². The van der Waals surface area contributed by atoms with Crippen LogP contribution in [-0.4, -0.2) is 32.3 Å². The van der Waals surface area contributed by atoms with Crippen molar-refractivity contribution in [2.45, 2.75) is 70.6 Å². The molecule has 1 aliphatic rings. The highest BCUT2D eigenvalue weighted by Crippen LogP contribution is 2.30. The molecule has 3 rings (SSSR count). The molecule has 0 aliphatic carbocycles. The molecule has 0 spiro atoms. The minimum Gasteiger partial charge on any atom is -0.390 e. The van der Waals surface area contributed by atoms with E-state index in [1.165, 1.54) is 4.88 Å². The third-order valence-corrected chi connectivity index (χ3v) is 5.82. The summed E-state index contributed by atoms with van der Waals surface area (Å²) in [4.78, 5) is 11.5. The molecular weight excluding hydrogens is 356 g/mol. The zero-order valence-corrected chi connectivity index (χ0v) is 17.5. The van der Waals surface area contributed by atoms with E-state index in [4.69, 9.17) is 4.98 Å². The number of piperidine rings is 1. The molecule has 5 nitrogen and oxygen atoms in total. The Morgan fingerprint density at radius 3 is 2.85 bits per heavy atom. The second kappa shape index (κ2) is 7.60. The number of thiophene rings is 1. The zero-order chi connectivity index (χ0) is 19.7. The molecule has 2 aromatic heterocycles. The van der Waals surface area contributed by atoms with Crippen LogP contribution in [0.25, 0.3) is 10.6 Å². The molecule has 0 amide bonds. The van der Waals surface area contributed by atoms with Gasteiger partial charge in [-0.3, -0.25) is 0 Å². The molecular formula is C21H30N4OS. The van der Waals surface area contributed by atoms with Crippen molar-refractivity contribution in [1.29, 1.82) is 0 Å². The lowest BCUT2D eigenvalue weighted by Crippen LogP contribution is -2.48. The molecule has 3 N–H and O–H groups in total. The number of nitrogens with one attached hydrogen (secondary N) is 2. The zero-order valence-electron chi connectivity index (χ0n) is 16.7. The number of rotatable bonds is 6. The Morgan fingerprint density at radius 2 is 2.15 bits per heavy atom. The van der Waals surface area contributed by atoms with Gasteiger partial charge in [0.15, 0.2) is 0 Å². The van der Waals surface area contributed by atoms with Crippen molar-refractivity contribution in [2.24, 2.45) is 0 Å². The predicted molar refractivity (Wildman–Crippen MR) is 113 cm³/mol. The van der Waals surface area contributed by atoms with Gasteiger partial charge in [-0.05, 0) is 65.2 Å². The summed E-state index contributed by atoms with van der Waals surface area (Å²) in [6.45, 7) is 12.2. The number of anilines is 1. The van der Waals surface area contributed by atoms with E-state index in [-0.39, 0.29) is 11.6 Å². The highest BCUT2D eigenvalue weighted by atomic mass is 32.1. The van der Waals surface area contributed by atoms with Gasteiger partial charge < -0.3 is 15.7 Å². The first-order valence-electron chi connectivity index (χ1n) is 9.47. The van der Waals surface area contributed by atoms with Crippen molar-refractivity contribution in [3.05, 3.63) is 41.5 Å². The molecule has 0 saturated carbocycles. The first-order valence-corrected chi connectivity index (χ1v) is 10.3. The Kier molecular flexibility index (Phi) is 5.58. The van der Waals surface area contributed by atoms with E-state index in [2.05, 4.69) is 48.2 Å². The Morgan fingerprint density at radius 1 is 1.37 bits per heavy atom. The van der Waals surface area contributed by atoms with Gasteiger partial charge in [-0.2, -0.15) is 0 Å². The van der Waals surface area contributed by atoms with Gasteiger partial charge in [0.1, 0.15) is 0 Å². The average molecular weight is 387 g/mol. The molecule has 1 unspecified atom stereocenters. The predicted octanol–water partition coefficient (Wildman–Crippen LogP) is 4.36. The highest BCUT2D eigenvalue weighted by Gasteiger charge is 2.29. The summed E-state index contributed by atoms with van der Waals surface area (Å²) in [5.41, 5.74) is 1.37. The van der Waals surface area contributed by atoms with Crippen LogP contribution in [0.15, 0.2) is 36.7 Å². The summed E-state index contributed by atoms with van der Waals surface area (Å²) < 4.78 is 0. The van der Waals surface area contributed by atoms with Crippen LogP contribution in [0.5, 0.6) is 0 Å². The number of nitrogens with zero attached hydrogens (tertiary/aromatic N) is 2. The van der Waals surface area contributed by atoms with Crippen LogP contribution in [0.2, 0.25) is 0 Å². The lowest BCUT2D eigenvalue weighted by atomic mass is 9.88. The van der Waals surface area contributed by atoms with Crippen molar-refractivity contribution in [3.63, 3.8) is 0 Å². The van der Waals surface area contributed by atoms with Gasteiger partial charge in [-0.1, -0.05) is 6.58 Å². The van der Waals surface area contributed by atoms with E-state index in [1.807, 2.05) is 26.1 Å². The van der Waals surface area contributed by atoms with Crippen LogP contribution in [-0.2, 0) is 6.42 Å². The van der Waals surface area contributed by atoms with E-state index in [0.717, 1.165) is 42.0 Å². The van der Waals surface area contributed by atoms with Crippen LogP contribution in [0.1, 0.15) is 51.8 Å². The molecule has 0 radical (unpaired) electrons. The van der Waals surface area contributed by atoms with Gasteiger partial charge in [0.05, 0.1) is 16.2 Å². The number of aryl methyl sites for hydroxylation is 1. The highest BCUT2D eigenvalue weighted by molar-refractivity contribution is 7.15. The smallest absolute Gasteiger partial charge is 0.223 e. The quantitative estimate of drug-likeness (QED) is 0.688. The van der Waals surface area contributed by atoms with Crippen molar-refractivity contribution in [2.75, 3.05) is 5.32 Å². The van der Waals surface area contributed by atoms with Gasteiger partial charge in [-0.25, -0.2) is 9.97 Å². The minimum absolute atomic E-state index is 0.0216. The first-order chi connectivity index (χ1) is 12.6. The molecule has 1 saturated heterocycles. The third-order valence-electron chi connectivity index (χ3n) is 4.65. The van der Waals surface area contributed by atoms with E-state index in [1.54, 1.807) is 11.3 Å². The standard InChI is InChI=1S/C21H30N4OS/c1-14-12-15(13-20(2,3)25-14)23-19-22-11-9-17(24-19)18-7-6-16(27-18)8-10-21(4,5)26/h6-7,9,11,15,25-26H,1,8,10,12-13H2,2-5H3,(H,22,23,24). The summed E-state index contributed by atoms with van der Waals surface area (Å²) in [6, 6.07) is 6.45. The number of hydrogen-bond donors (Lipinski definition) is 3. The SMILES string of the molecule is C=C1CC(Nc2nccc(-c3ccc(CCC(C)(C)O)s3)n2)CC(C)(C)N1. The molecule has 0 bridgehead atoms. The van der Waals surface area contributed by atoms with Crippen molar-refractivity contribution in [3.8, 4) is 10.6 Å². The van der Waals surface area contributed by atoms with Crippen molar-refractivity contribution >= 4 is 17.3 Å². The van der Waals surface area contributed by atoms with Crippen LogP contribution in [0.3, 0.4) is 0 Å². The molecule has 1 atom stereocenters. The molecule has 6 heteroatoms. The maximum Gasteiger partial charge on any atom is 0.223 e. The van der Waals surface area contributed by atoms with E-state index in [0.29, 0.717) is 5.95 Å². The van der Waals surface area contributed by atoms with Gasteiger partial charge in [0.2, 0.25) is 5.95 Å². The van der Waals surface area contributed by atoms with Crippen molar-refractivity contribution < 1.29 is 5.11 Å². The lowest BCUT2D eigenvalue weighted by Gasteiger charge is -2.38. The topological polar surface area (TPSA) is 70.1 Å². The molecule has 0 aromatic carbocycles. The lowest BCUT2D eigenvalue weighted by molar-refractivity contribution is 0.0716. The molecule has 1 aliphatic heterocycles. The largest absolute Gasteiger partial charge is 0.390 e. The number of hydrogen-bond acceptors (Lipinski definition) is 6. The van der Waals surface area contributed by atoms with E-state index in [9.17, 15) is 5.11 Å². The summed E-state index contributed by atoms with van der Waals surface area (Å²) in [5.74, 6) is 0.662. The summed E-state index contributed by atoms with van der Waals surface area (Å²) in [7, 11) is 0. The Labute approximate surface area is 166 Å². The Bertz CT molecular complexity index is 807. The summed E-state index contributed by atoms with van der Waals surface area (Å²) in [5, 5.41) is 16.8. The van der Waals surface area contributed by atoms with Crippen LogP contribution in [0.4, 0.5) is 5.95 Å². The fraction of sp³-hybridized carbons (Fsp3) is 0.524.